The normalized spacial score (nSPS) is 11.2. The molecule has 2 rings (SSSR count). The number of phenolic OH excluding ortho intramolecular Hbond substituents is 1. The third kappa shape index (κ3) is 5.05. The number of aromatic nitrogens is 1. The predicted molar refractivity (Wildman–Crippen MR) is 89.6 cm³/mol. The molecular weight excluding hydrogens is 351 g/mol. The summed E-state index contributed by atoms with van der Waals surface area (Å²) in [4.78, 5) is 15.1. The average Bonchev–Trinajstić information content (AvgIpc) is 2.44. The zero-order valence-corrected chi connectivity index (χ0v) is 14.3. The van der Waals surface area contributed by atoms with Crippen molar-refractivity contribution in [3.8, 4) is 5.75 Å². The van der Waals surface area contributed by atoms with Crippen LogP contribution in [0.15, 0.2) is 41.6 Å². The number of rotatable bonds is 5. The van der Waals surface area contributed by atoms with Crippen LogP contribution in [-0.4, -0.2) is 30.6 Å². The molecule has 25 heavy (non-hydrogen) atoms. The van der Waals surface area contributed by atoms with Crippen molar-refractivity contribution in [2.45, 2.75) is 24.8 Å². The lowest BCUT2D eigenvalue weighted by molar-refractivity contribution is 0.243. The maximum Gasteiger partial charge on any atom is 0.328 e. The molecule has 0 bridgehead atoms. The van der Waals surface area contributed by atoms with Gasteiger partial charge in [0.1, 0.15) is 16.5 Å². The van der Waals surface area contributed by atoms with Crippen LogP contribution in [0, 0.1) is 5.82 Å². The summed E-state index contributed by atoms with van der Waals surface area (Å²) in [6.45, 7) is 3.36. The van der Waals surface area contributed by atoms with Gasteiger partial charge in [0.15, 0.2) is 0 Å². The smallest absolute Gasteiger partial charge is 0.328 e. The van der Waals surface area contributed by atoms with Gasteiger partial charge in [0.05, 0.1) is 5.69 Å². The quantitative estimate of drug-likeness (QED) is 0.641. The molecule has 0 aliphatic rings. The number of sulfonamides is 1. The van der Waals surface area contributed by atoms with Gasteiger partial charge in [-0.3, -0.25) is 4.98 Å². The number of phenols is 1. The minimum atomic E-state index is -4.22. The second-order valence-corrected chi connectivity index (χ2v) is 7.08. The van der Waals surface area contributed by atoms with Crippen LogP contribution in [0.5, 0.6) is 5.75 Å². The Morgan fingerprint density at radius 3 is 2.64 bits per heavy atom. The van der Waals surface area contributed by atoms with E-state index in [-0.39, 0.29) is 28.1 Å². The molecule has 0 unspecified atom stereocenters. The first kappa shape index (κ1) is 18.5. The predicted octanol–water partition coefficient (Wildman–Crippen LogP) is 2.07. The Hall–Kier alpha value is -2.88. The zero-order valence-electron chi connectivity index (χ0n) is 13.4. The van der Waals surface area contributed by atoms with Gasteiger partial charge in [-0.15, -0.1) is 0 Å². The fourth-order valence-corrected chi connectivity index (χ4v) is 2.99. The van der Waals surface area contributed by atoms with Crippen molar-refractivity contribution < 1.29 is 22.7 Å². The first-order chi connectivity index (χ1) is 11.7. The van der Waals surface area contributed by atoms with Crippen LogP contribution in [0.25, 0.3) is 0 Å². The molecule has 0 fully saturated rings. The molecular formula is C15H17FN4O4S. The van der Waals surface area contributed by atoms with Gasteiger partial charge in [0, 0.05) is 36.3 Å². The summed E-state index contributed by atoms with van der Waals surface area (Å²) in [6.07, 6.45) is 2.38. The number of hydrogen-bond donors (Lipinski definition) is 4. The number of carbonyl (C=O) groups is 1. The third-order valence-corrected chi connectivity index (χ3v) is 4.24. The molecule has 0 aliphatic carbocycles. The van der Waals surface area contributed by atoms with Gasteiger partial charge >= 0.3 is 6.03 Å². The summed E-state index contributed by atoms with van der Waals surface area (Å²) in [6, 6.07) is 3.42. The summed E-state index contributed by atoms with van der Waals surface area (Å²) < 4.78 is 40.0. The number of halogens is 1. The standard InChI is InChI=1S/C15H17FN4O4S/c1-9(2)18-15(22)20-25(23,24)14-8-17-4-3-13(14)19-11-5-10(16)6-12(21)7-11/h3-9,21H,1-2H3,(H,17,19)(H2,18,20,22). The molecule has 0 aliphatic heterocycles. The molecule has 8 nitrogen and oxygen atoms in total. The Morgan fingerprint density at radius 2 is 2.00 bits per heavy atom. The van der Waals surface area contributed by atoms with Gasteiger partial charge in [-0.25, -0.2) is 22.3 Å². The zero-order chi connectivity index (χ0) is 18.6. The number of pyridine rings is 1. The van der Waals surface area contributed by atoms with Crippen LogP contribution < -0.4 is 15.4 Å². The minimum absolute atomic E-state index is 0.0600. The monoisotopic (exact) mass is 368 g/mol. The number of nitrogens with zero attached hydrogens (tertiary/aromatic N) is 1. The fraction of sp³-hybridized carbons (Fsp3) is 0.200. The number of anilines is 2. The fourth-order valence-electron chi connectivity index (χ4n) is 1.97. The highest BCUT2D eigenvalue weighted by Crippen LogP contribution is 2.26. The van der Waals surface area contributed by atoms with Crippen LogP contribution in [0.4, 0.5) is 20.6 Å². The van der Waals surface area contributed by atoms with Crippen molar-refractivity contribution in [1.29, 1.82) is 0 Å². The number of carbonyl (C=O) groups excluding carboxylic acids is 1. The maximum atomic E-state index is 13.4. The summed E-state index contributed by atoms with van der Waals surface area (Å²) in [5.41, 5.74) is 0.191. The highest BCUT2D eigenvalue weighted by atomic mass is 32.2. The lowest BCUT2D eigenvalue weighted by atomic mass is 10.2. The van der Waals surface area contributed by atoms with Crippen LogP contribution in [-0.2, 0) is 10.0 Å². The largest absolute Gasteiger partial charge is 0.508 e. The third-order valence-electron chi connectivity index (χ3n) is 2.88. The number of amides is 2. The van der Waals surface area contributed by atoms with Gasteiger partial charge in [-0.2, -0.15) is 0 Å². The molecule has 0 spiro atoms. The Labute approximate surface area is 144 Å². The van der Waals surface area contributed by atoms with Gasteiger partial charge in [0.2, 0.25) is 0 Å². The van der Waals surface area contributed by atoms with E-state index in [1.165, 1.54) is 18.3 Å². The summed E-state index contributed by atoms with van der Waals surface area (Å²) in [5.74, 6) is -1.02. The molecule has 1 heterocycles. The van der Waals surface area contributed by atoms with Gasteiger partial charge in [-0.1, -0.05) is 0 Å². The van der Waals surface area contributed by atoms with E-state index in [0.717, 1.165) is 18.3 Å². The summed E-state index contributed by atoms with van der Waals surface area (Å²) in [5, 5.41) is 14.5. The van der Waals surface area contributed by atoms with E-state index in [1.54, 1.807) is 13.8 Å². The first-order valence-corrected chi connectivity index (χ1v) is 8.69. The Kier molecular flexibility index (Phi) is 5.42. The topological polar surface area (TPSA) is 120 Å². The summed E-state index contributed by atoms with van der Waals surface area (Å²) in [7, 11) is -4.22. The van der Waals surface area contributed by atoms with Gasteiger partial charge in [0.25, 0.3) is 10.0 Å². The van der Waals surface area contributed by atoms with E-state index < -0.39 is 21.9 Å². The number of aromatic hydroxyl groups is 1. The molecule has 134 valence electrons. The van der Waals surface area contributed by atoms with Gasteiger partial charge < -0.3 is 15.7 Å². The molecule has 0 saturated carbocycles. The van der Waals surface area contributed by atoms with Crippen LogP contribution in [0.3, 0.4) is 0 Å². The lowest BCUT2D eigenvalue weighted by Gasteiger charge is -2.14. The van der Waals surface area contributed by atoms with Crippen molar-refractivity contribution >= 4 is 27.4 Å². The van der Waals surface area contributed by atoms with Gasteiger partial charge in [-0.05, 0) is 26.0 Å². The van der Waals surface area contributed by atoms with E-state index in [9.17, 15) is 22.7 Å². The van der Waals surface area contributed by atoms with Crippen molar-refractivity contribution in [3.63, 3.8) is 0 Å². The molecule has 1 aromatic heterocycles. The lowest BCUT2D eigenvalue weighted by Crippen LogP contribution is -2.42. The van der Waals surface area contributed by atoms with E-state index in [1.807, 2.05) is 4.72 Å². The SMILES string of the molecule is CC(C)NC(=O)NS(=O)(=O)c1cnccc1Nc1cc(O)cc(F)c1. The molecule has 0 radical (unpaired) electrons. The van der Waals surface area contributed by atoms with Crippen LogP contribution in [0.1, 0.15) is 13.8 Å². The minimum Gasteiger partial charge on any atom is -0.508 e. The van der Waals surface area contributed by atoms with E-state index in [2.05, 4.69) is 15.6 Å². The summed E-state index contributed by atoms with van der Waals surface area (Å²) >= 11 is 0. The van der Waals surface area contributed by atoms with Crippen molar-refractivity contribution in [1.82, 2.24) is 15.0 Å². The van der Waals surface area contributed by atoms with Crippen molar-refractivity contribution in [3.05, 3.63) is 42.5 Å². The molecule has 0 atom stereocenters. The number of benzene rings is 1. The molecule has 2 aromatic rings. The Bertz CT molecular complexity index is 867. The van der Waals surface area contributed by atoms with E-state index >= 15 is 0 Å². The Morgan fingerprint density at radius 1 is 1.28 bits per heavy atom. The Balaban J connectivity index is 2.32. The second-order valence-electron chi connectivity index (χ2n) is 5.43. The number of urea groups is 1. The number of nitrogens with one attached hydrogen (secondary N) is 3. The highest BCUT2D eigenvalue weighted by Gasteiger charge is 2.22. The van der Waals surface area contributed by atoms with Crippen molar-refractivity contribution in [2.75, 3.05) is 5.32 Å². The van der Waals surface area contributed by atoms with Crippen molar-refractivity contribution in [2.24, 2.45) is 0 Å². The molecule has 2 amide bonds. The average molecular weight is 368 g/mol. The molecule has 4 N–H and O–H groups in total. The molecule has 0 saturated heterocycles. The maximum absolute atomic E-state index is 13.4. The van der Waals surface area contributed by atoms with E-state index in [4.69, 9.17) is 0 Å². The van der Waals surface area contributed by atoms with Crippen LogP contribution >= 0.6 is 0 Å². The van der Waals surface area contributed by atoms with E-state index in [0.29, 0.717) is 0 Å². The number of hydrogen-bond acceptors (Lipinski definition) is 6. The van der Waals surface area contributed by atoms with Crippen LogP contribution in [0.2, 0.25) is 0 Å². The molecule has 1 aromatic carbocycles. The molecule has 10 heteroatoms. The highest BCUT2D eigenvalue weighted by molar-refractivity contribution is 7.90. The first-order valence-electron chi connectivity index (χ1n) is 7.21. The second kappa shape index (κ2) is 7.34.